The highest BCUT2D eigenvalue weighted by Crippen LogP contribution is 2.14. The third-order valence-corrected chi connectivity index (χ3v) is 3.45. The van der Waals surface area contributed by atoms with Crippen LogP contribution in [-0.4, -0.2) is 35.9 Å². The van der Waals surface area contributed by atoms with Crippen molar-refractivity contribution in [1.29, 1.82) is 0 Å². The Morgan fingerprint density at radius 1 is 1.20 bits per heavy atom. The highest BCUT2D eigenvalue weighted by molar-refractivity contribution is 5.75. The fourth-order valence-corrected chi connectivity index (χ4v) is 2.39. The molecule has 0 aliphatic rings. The Kier molecular flexibility index (Phi) is 6.02. The molecule has 0 saturated heterocycles. The Bertz CT molecular complexity index is 521. The van der Waals surface area contributed by atoms with E-state index in [1.54, 1.807) is 0 Å². The van der Waals surface area contributed by atoms with Gasteiger partial charge < -0.3 is 14.6 Å². The molecule has 0 atom stereocenters. The molecule has 0 bridgehead atoms. The van der Waals surface area contributed by atoms with Crippen molar-refractivity contribution in [3.8, 4) is 0 Å². The Labute approximate surface area is 121 Å². The topological polar surface area (TPSA) is 39.1 Å². The van der Waals surface area contributed by atoms with E-state index in [2.05, 4.69) is 40.0 Å². The van der Waals surface area contributed by atoms with Gasteiger partial charge in [0.15, 0.2) is 0 Å². The minimum atomic E-state index is 0.820. The first-order chi connectivity index (χ1) is 9.83. The van der Waals surface area contributed by atoms with Crippen LogP contribution in [0.1, 0.15) is 25.6 Å². The molecule has 4 heteroatoms. The lowest BCUT2D eigenvalue weighted by atomic mass is 10.3. The summed E-state index contributed by atoms with van der Waals surface area (Å²) in [5.41, 5.74) is 2.31. The van der Waals surface area contributed by atoms with Gasteiger partial charge >= 0.3 is 0 Å². The standard InChI is InChI=1S/C16H25N3O/c1-3-20-13-7-6-10-17-11-12-19-14(2)18-15-8-4-5-9-16(15)19/h4-5,8-9,17H,3,6-7,10-13H2,1-2H3. The van der Waals surface area contributed by atoms with Crippen LogP contribution in [0.3, 0.4) is 0 Å². The van der Waals surface area contributed by atoms with Gasteiger partial charge in [-0.2, -0.15) is 0 Å². The maximum Gasteiger partial charge on any atom is 0.106 e. The first-order valence-electron chi connectivity index (χ1n) is 7.53. The zero-order chi connectivity index (χ0) is 14.2. The van der Waals surface area contributed by atoms with Crippen molar-refractivity contribution in [3.63, 3.8) is 0 Å². The van der Waals surface area contributed by atoms with Crippen molar-refractivity contribution in [2.24, 2.45) is 0 Å². The van der Waals surface area contributed by atoms with Crippen molar-refractivity contribution in [1.82, 2.24) is 14.9 Å². The molecule has 1 N–H and O–H groups in total. The van der Waals surface area contributed by atoms with Crippen LogP contribution >= 0.6 is 0 Å². The molecule has 110 valence electrons. The number of hydrogen-bond acceptors (Lipinski definition) is 3. The van der Waals surface area contributed by atoms with Crippen molar-refractivity contribution >= 4 is 11.0 Å². The third-order valence-electron chi connectivity index (χ3n) is 3.45. The van der Waals surface area contributed by atoms with E-state index in [0.717, 1.165) is 50.6 Å². The van der Waals surface area contributed by atoms with Gasteiger partial charge in [0.25, 0.3) is 0 Å². The molecular weight excluding hydrogens is 250 g/mol. The van der Waals surface area contributed by atoms with Crippen LogP contribution in [0.2, 0.25) is 0 Å². The van der Waals surface area contributed by atoms with E-state index in [1.165, 1.54) is 11.9 Å². The number of para-hydroxylation sites is 2. The second-order valence-electron chi connectivity index (χ2n) is 4.95. The van der Waals surface area contributed by atoms with Gasteiger partial charge in [-0.1, -0.05) is 12.1 Å². The predicted molar refractivity (Wildman–Crippen MR) is 83.1 cm³/mol. The molecule has 0 spiro atoms. The molecule has 0 fully saturated rings. The molecule has 0 amide bonds. The van der Waals surface area contributed by atoms with Crippen LogP contribution in [-0.2, 0) is 11.3 Å². The molecule has 0 radical (unpaired) electrons. The summed E-state index contributed by atoms with van der Waals surface area (Å²) in [6.45, 7) is 8.81. The number of nitrogens with one attached hydrogen (secondary N) is 1. The second kappa shape index (κ2) is 8.02. The van der Waals surface area contributed by atoms with Crippen LogP contribution in [0.5, 0.6) is 0 Å². The second-order valence-corrected chi connectivity index (χ2v) is 4.95. The minimum absolute atomic E-state index is 0.820. The summed E-state index contributed by atoms with van der Waals surface area (Å²) >= 11 is 0. The summed E-state index contributed by atoms with van der Waals surface area (Å²) in [4.78, 5) is 4.58. The highest BCUT2D eigenvalue weighted by Gasteiger charge is 2.05. The molecule has 1 aromatic carbocycles. The number of nitrogens with zero attached hydrogens (tertiary/aromatic N) is 2. The zero-order valence-corrected chi connectivity index (χ0v) is 12.6. The van der Waals surface area contributed by atoms with E-state index in [4.69, 9.17) is 4.74 Å². The summed E-state index contributed by atoms with van der Waals surface area (Å²) < 4.78 is 7.60. The number of aryl methyl sites for hydroxylation is 1. The smallest absolute Gasteiger partial charge is 0.106 e. The van der Waals surface area contributed by atoms with Gasteiger partial charge in [0.2, 0.25) is 0 Å². The zero-order valence-electron chi connectivity index (χ0n) is 12.6. The lowest BCUT2D eigenvalue weighted by molar-refractivity contribution is 0.143. The molecule has 1 aromatic heterocycles. The van der Waals surface area contributed by atoms with E-state index >= 15 is 0 Å². The lowest BCUT2D eigenvalue weighted by Gasteiger charge is -2.08. The molecule has 2 rings (SSSR count). The van der Waals surface area contributed by atoms with Crippen molar-refractivity contribution in [2.75, 3.05) is 26.3 Å². The van der Waals surface area contributed by atoms with Gasteiger partial charge in [0, 0.05) is 26.3 Å². The summed E-state index contributed by atoms with van der Waals surface area (Å²) in [5, 5.41) is 3.49. The minimum Gasteiger partial charge on any atom is -0.382 e. The Hall–Kier alpha value is -1.39. The Morgan fingerprint density at radius 3 is 2.90 bits per heavy atom. The predicted octanol–water partition coefficient (Wildman–Crippen LogP) is 2.75. The summed E-state index contributed by atoms with van der Waals surface area (Å²) in [6, 6.07) is 8.31. The molecule has 20 heavy (non-hydrogen) atoms. The molecule has 4 nitrogen and oxygen atoms in total. The van der Waals surface area contributed by atoms with Crippen LogP contribution in [0.15, 0.2) is 24.3 Å². The van der Waals surface area contributed by atoms with E-state index in [-0.39, 0.29) is 0 Å². The van der Waals surface area contributed by atoms with Gasteiger partial charge in [-0.25, -0.2) is 4.98 Å². The van der Waals surface area contributed by atoms with Gasteiger partial charge in [0.05, 0.1) is 11.0 Å². The maximum absolute atomic E-state index is 5.32. The third kappa shape index (κ3) is 4.05. The molecule has 0 saturated carbocycles. The van der Waals surface area contributed by atoms with Crippen LogP contribution in [0, 0.1) is 6.92 Å². The van der Waals surface area contributed by atoms with Gasteiger partial charge in [-0.15, -0.1) is 0 Å². The molecule has 0 aliphatic carbocycles. The Balaban J connectivity index is 1.72. The van der Waals surface area contributed by atoms with Gasteiger partial charge in [-0.05, 0) is 45.4 Å². The fraction of sp³-hybridized carbons (Fsp3) is 0.562. The van der Waals surface area contributed by atoms with E-state index in [0.29, 0.717) is 0 Å². The van der Waals surface area contributed by atoms with Crippen molar-refractivity contribution in [3.05, 3.63) is 30.1 Å². The normalized spacial score (nSPS) is 11.3. The maximum atomic E-state index is 5.32. The first-order valence-corrected chi connectivity index (χ1v) is 7.53. The molecule has 2 aromatic rings. The number of ether oxygens (including phenoxy) is 1. The fourth-order valence-electron chi connectivity index (χ4n) is 2.39. The van der Waals surface area contributed by atoms with E-state index < -0.39 is 0 Å². The van der Waals surface area contributed by atoms with Crippen molar-refractivity contribution in [2.45, 2.75) is 33.2 Å². The summed E-state index contributed by atoms with van der Waals surface area (Å²) in [5.74, 6) is 1.09. The number of benzene rings is 1. The number of imidazole rings is 1. The van der Waals surface area contributed by atoms with Gasteiger partial charge in [0.1, 0.15) is 5.82 Å². The summed E-state index contributed by atoms with van der Waals surface area (Å²) in [7, 11) is 0. The van der Waals surface area contributed by atoms with Gasteiger partial charge in [-0.3, -0.25) is 0 Å². The average molecular weight is 275 g/mol. The lowest BCUT2D eigenvalue weighted by Crippen LogP contribution is -2.21. The molecular formula is C16H25N3O. The van der Waals surface area contributed by atoms with Crippen molar-refractivity contribution < 1.29 is 4.74 Å². The summed E-state index contributed by atoms with van der Waals surface area (Å²) in [6.07, 6.45) is 2.30. The number of hydrogen-bond donors (Lipinski definition) is 1. The number of fused-ring (bicyclic) bond motifs is 1. The van der Waals surface area contributed by atoms with Crippen LogP contribution < -0.4 is 5.32 Å². The SMILES string of the molecule is CCOCCCCNCCn1c(C)nc2ccccc21. The highest BCUT2D eigenvalue weighted by atomic mass is 16.5. The van der Waals surface area contributed by atoms with Crippen LogP contribution in [0.25, 0.3) is 11.0 Å². The largest absolute Gasteiger partial charge is 0.382 e. The Morgan fingerprint density at radius 2 is 2.05 bits per heavy atom. The number of rotatable bonds is 9. The van der Waals surface area contributed by atoms with Crippen LogP contribution in [0.4, 0.5) is 0 Å². The number of unbranched alkanes of at least 4 members (excludes halogenated alkanes) is 1. The molecule has 0 aliphatic heterocycles. The quantitative estimate of drug-likeness (QED) is 0.715. The van der Waals surface area contributed by atoms with E-state index in [1.807, 2.05) is 13.0 Å². The van der Waals surface area contributed by atoms with E-state index in [9.17, 15) is 0 Å². The number of aromatic nitrogens is 2. The molecule has 0 unspecified atom stereocenters. The monoisotopic (exact) mass is 275 g/mol. The average Bonchev–Trinajstić information content (AvgIpc) is 2.78. The first kappa shape index (κ1) is 15.0. The molecule has 1 heterocycles.